The third kappa shape index (κ3) is 3.13. The molecule has 0 fully saturated rings. The molecule has 1 aromatic rings. The maximum absolute atomic E-state index is 12.4. The highest BCUT2D eigenvalue weighted by molar-refractivity contribution is 5.36. The van der Waals surface area contributed by atoms with E-state index in [9.17, 15) is 13.2 Å². The molecule has 0 spiro atoms. The molecule has 1 rings (SSSR count). The summed E-state index contributed by atoms with van der Waals surface area (Å²) in [7, 11) is 1.30. The van der Waals surface area contributed by atoms with Crippen LogP contribution in [0.5, 0.6) is 5.75 Å². The maximum atomic E-state index is 12.4. The van der Waals surface area contributed by atoms with Crippen LogP contribution in [0.4, 0.5) is 13.2 Å². The topological polar surface area (TPSA) is 29.5 Å². The summed E-state index contributed by atoms with van der Waals surface area (Å²) in [5.41, 5.74) is -0.352. The number of halogens is 3. The van der Waals surface area contributed by atoms with Crippen molar-refractivity contribution in [1.82, 2.24) is 0 Å². The molecule has 84 valence electrons. The Balaban J connectivity index is 3.11. The van der Waals surface area contributed by atoms with Crippen LogP contribution in [0.2, 0.25) is 0 Å². The Labute approximate surface area is 85.3 Å². The summed E-state index contributed by atoms with van der Waals surface area (Å²) in [6.07, 6.45) is -4.21. The van der Waals surface area contributed by atoms with E-state index in [2.05, 4.69) is 0 Å². The molecule has 0 amide bonds. The van der Waals surface area contributed by atoms with Gasteiger partial charge in [-0.2, -0.15) is 13.2 Å². The van der Waals surface area contributed by atoms with Gasteiger partial charge in [-0.1, -0.05) is 0 Å². The third-order valence-electron chi connectivity index (χ3n) is 1.93. The second kappa shape index (κ2) is 4.53. The van der Waals surface area contributed by atoms with Gasteiger partial charge in [0.1, 0.15) is 5.75 Å². The van der Waals surface area contributed by atoms with Gasteiger partial charge in [0, 0.05) is 6.61 Å². The van der Waals surface area contributed by atoms with Crippen molar-refractivity contribution in [2.75, 3.05) is 13.7 Å². The molecule has 15 heavy (non-hydrogen) atoms. The SMILES string of the molecule is COc1cc(CCO)cc(C(F)(F)F)c1. The van der Waals surface area contributed by atoms with E-state index in [0.29, 0.717) is 5.56 Å². The molecule has 0 saturated carbocycles. The third-order valence-corrected chi connectivity index (χ3v) is 1.93. The van der Waals surface area contributed by atoms with Gasteiger partial charge >= 0.3 is 6.18 Å². The lowest BCUT2D eigenvalue weighted by molar-refractivity contribution is -0.137. The van der Waals surface area contributed by atoms with E-state index in [0.717, 1.165) is 12.1 Å². The molecule has 1 N–H and O–H groups in total. The predicted molar refractivity (Wildman–Crippen MR) is 48.8 cm³/mol. The van der Waals surface area contributed by atoms with E-state index in [1.54, 1.807) is 0 Å². The van der Waals surface area contributed by atoms with Crippen molar-refractivity contribution >= 4 is 0 Å². The van der Waals surface area contributed by atoms with Crippen molar-refractivity contribution in [3.05, 3.63) is 29.3 Å². The van der Waals surface area contributed by atoms with Crippen molar-refractivity contribution in [3.63, 3.8) is 0 Å². The van der Waals surface area contributed by atoms with Crippen molar-refractivity contribution in [2.24, 2.45) is 0 Å². The first-order valence-electron chi connectivity index (χ1n) is 4.33. The molecule has 1 aromatic carbocycles. The quantitative estimate of drug-likeness (QED) is 0.846. The lowest BCUT2D eigenvalue weighted by Crippen LogP contribution is -2.06. The molecule has 0 aliphatic rings. The van der Waals surface area contributed by atoms with Gasteiger partial charge in [0.2, 0.25) is 0 Å². The molecule has 5 heteroatoms. The molecule has 0 saturated heterocycles. The maximum Gasteiger partial charge on any atom is 0.416 e. The number of aliphatic hydroxyl groups is 1. The minimum atomic E-state index is -4.39. The van der Waals surface area contributed by atoms with E-state index in [1.807, 2.05) is 0 Å². The molecule has 0 aliphatic heterocycles. The fourth-order valence-electron chi connectivity index (χ4n) is 1.22. The summed E-state index contributed by atoms with van der Waals surface area (Å²) < 4.78 is 42.0. The fraction of sp³-hybridized carbons (Fsp3) is 0.400. The minimum Gasteiger partial charge on any atom is -0.497 e. The molecule has 0 atom stereocenters. The normalized spacial score (nSPS) is 11.5. The monoisotopic (exact) mass is 220 g/mol. The largest absolute Gasteiger partial charge is 0.497 e. The average molecular weight is 220 g/mol. The number of ether oxygens (including phenoxy) is 1. The highest BCUT2D eigenvalue weighted by Crippen LogP contribution is 2.32. The van der Waals surface area contributed by atoms with Gasteiger partial charge in [0.05, 0.1) is 12.7 Å². The first-order valence-corrected chi connectivity index (χ1v) is 4.33. The molecule has 0 unspecified atom stereocenters. The van der Waals surface area contributed by atoms with Gasteiger partial charge in [-0.25, -0.2) is 0 Å². The van der Waals surface area contributed by atoms with E-state index >= 15 is 0 Å². The van der Waals surface area contributed by atoms with Crippen molar-refractivity contribution in [3.8, 4) is 5.75 Å². The van der Waals surface area contributed by atoms with Crippen LogP contribution in [0.3, 0.4) is 0 Å². The first-order chi connectivity index (χ1) is 6.97. The van der Waals surface area contributed by atoms with Crippen molar-refractivity contribution in [1.29, 1.82) is 0 Å². The molecule has 2 nitrogen and oxygen atoms in total. The predicted octanol–water partition coefficient (Wildman–Crippen LogP) is 2.25. The zero-order valence-electron chi connectivity index (χ0n) is 8.14. The Morgan fingerprint density at radius 2 is 1.93 bits per heavy atom. The summed E-state index contributed by atoms with van der Waals surface area (Å²) >= 11 is 0. The number of aliphatic hydroxyl groups excluding tert-OH is 1. The van der Waals surface area contributed by atoms with Crippen LogP contribution in [-0.2, 0) is 12.6 Å². The summed E-state index contributed by atoms with van der Waals surface area (Å²) in [5, 5.41) is 8.65. The van der Waals surface area contributed by atoms with Crippen LogP contribution in [0.1, 0.15) is 11.1 Å². The fourth-order valence-corrected chi connectivity index (χ4v) is 1.22. The highest BCUT2D eigenvalue weighted by atomic mass is 19.4. The zero-order chi connectivity index (χ0) is 11.5. The van der Waals surface area contributed by atoms with Crippen molar-refractivity contribution < 1.29 is 23.0 Å². The number of rotatable bonds is 3. The average Bonchev–Trinajstić information content (AvgIpc) is 2.16. The van der Waals surface area contributed by atoms with Crippen LogP contribution < -0.4 is 4.74 Å². The Hall–Kier alpha value is -1.23. The van der Waals surface area contributed by atoms with E-state index in [4.69, 9.17) is 9.84 Å². The van der Waals surface area contributed by atoms with E-state index < -0.39 is 11.7 Å². The van der Waals surface area contributed by atoms with Gasteiger partial charge in [0.15, 0.2) is 0 Å². The Bertz CT molecular complexity index is 334. The highest BCUT2D eigenvalue weighted by Gasteiger charge is 2.31. The van der Waals surface area contributed by atoms with Crippen LogP contribution >= 0.6 is 0 Å². The summed E-state index contributed by atoms with van der Waals surface area (Å²) in [6.45, 7) is -0.190. The number of hydrogen-bond acceptors (Lipinski definition) is 2. The smallest absolute Gasteiger partial charge is 0.416 e. The van der Waals surface area contributed by atoms with Gasteiger partial charge in [-0.15, -0.1) is 0 Å². The first kappa shape index (κ1) is 11.8. The molecular formula is C10H11F3O2. The lowest BCUT2D eigenvalue weighted by atomic mass is 10.1. The number of hydrogen-bond donors (Lipinski definition) is 1. The van der Waals surface area contributed by atoms with Crippen LogP contribution in [0.25, 0.3) is 0 Å². The summed E-state index contributed by atoms with van der Waals surface area (Å²) in [4.78, 5) is 0. The molecule has 0 aromatic heterocycles. The van der Waals surface area contributed by atoms with Crippen LogP contribution in [0.15, 0.2) is 18.2 Å². The number of benzene rings is 1. The standard InChI is InChI=1S/C10H11F3O2/c1-15-9-5-7(2-3-14)4-8(6-9)10(11,12)13/h4-6,14H,2-3H2,1H3. The number of alkyl halides is 3. The zero-order valence-corrected chi connectivity index (χ0v) is 8.14. The Kier molecular flexibility index (Phi) is 3.57. The molecule has 0 aliphatic carbocycles. The lowest BCUT2D eigenvalue weighted by Gasteiger charge is -2.11. The minimum absolute atomic E-state index is 0.147. The van der Waals surface area contributed by atoms with Gasteiger partial charge < -0.3 is 9.84 Å². The summed E-state index contributed by atoms with van der Waals surface area (Å²) in [6, 6.07) is 3.42. The molecular weight excluding hydrogens is 209 g/mol. The summed E-state index contributed by atoms with van der Waals surface area (Å²) in [5.74, 6) is 0.147. The van der Waals surface area contributed by atoms with Crippen LogP contribution in [0, 0.1) is 0 Å². The van der Waals surface area contributed by atoms with Crippen LogP contribution in [-0.4, -0.2) is 18.8 Å². The van der Waals surface area contributed by atoms with Crippen molar-refractivity contribution in [2.45, 2.75) is 12.6 Å². The molecule has 0 heterocycles. The van der Waals surface area contributed by atoms with Gasteiger partial charge in [-0.05, 0) is 30.2 Å². The molecule has 0 bridgehead atoms. The van der Waals surface area contributed by atoms with Gasteiger partial charge in [0.25, 0.3) is 0 Å². The number of methoxy groups -OCH3 is 1. The second-order valence-corrected chi connectivity index (χ2v) is 3.04. The Morgan fingerprint density at radius 3 is 2.40 bits per heavy atom. The molecule has 0 radical (unpaired) electrons. The van der Waals surface area contributed by atoms with E-state index in [-0.39, 0.29) is 18.8 Å². The second-order valence-electron chi connectivity index (χ2n) is 3.04. The van der Waals surface area contributed by atoms with Gasteiger partial charge in [-0.3, -0.25) is 0 Å². The Morgan fingerprint density at radius 1 is 1.27 bits per heavy atom. The van der Waals surface area contributed by atoms with E-state index in [1.165, 1.54) is 13.2 Å².